The van der Waals surface area contributed by atoms with Crippen LogP contribution < -0.4 is 5.11 Å². The summed E-state index contributed by atoms with van der Waals surface area (Å²) in [7, 11) is -0.348. The molecule has 168 valence electrons. The van der Waals surface area contributed by atoms with Gasteiger partial charge in [0.25, 0.3) is 0 Å². The van der Waals surface area contributed by atoms with Crippen LogP contribution in [-0.2, 0) is 17.1 Å². The summed E-state index contributed by atoms with van der Waals surface area (Å²) in [5.41, 5.74) is 5.08. The van der Waals surface area contributed by atoms with Crippen LogP contribution in [0.3, 0.4) is 0 Å². The average Bonchev–Trinajstić information content (AvgIpc) is 2.94. The zero-order chi connectivity index (χ0) is 23.0. The van der Waals surface area contributed by atoms with Crippen LogP contribution in [0.4, 0.5) is 0 Å². The molecule has 0 saturated heterocycles. The third-order valence-electron chi connectivity index (χ3n) is 6.12. The fraction of sp³-hybridized carbons (Fsp3) is 0.276. The van der Waals surface area contributed by atoms with E-state index in [1.165, 1.54) is 43.8 Å². The number of benzene rings is 4. The molecule has 1 heterocycles. The molecule has 0 aliphatic carbocycles. The van der Waals surface area contributed by atoms with Crippen molar-refractivity contribution in [3.63, 3.8) is 0 Å². The molecule has 3 nitrogen and oxygen atoms in total. The van der Waals surface area contributed by atoms with Crippen molar-refractivity contribution in [2.24, 2.45) is 4.99 Å². The Balaban J connectivity index is 1.57. The molecule has 0 fully saturated rings. The largest absolute Gasteiger partial charge is 0.595 e. The van der Waals surface area contributed by atoms with Crippen LogP contribution in [-0.4, -0.2) is 24.4 Å². The maximum Gasteiger partial charge on any atom is 0.145 e. The molecular weight excluding hydrogens is 425 g/mol. The van der Waals surface area contributed by atoms with Gasteiger partial charge in [0, 0.05) is 12.1 Å². The van der Waals surface area contributed by atoms with E-state index >= 15 is 0 Å². The quantitative estimate of drug-likeness (QED) is 0.197. The van der Waals surface area contributed by atoms with Crippen molar-refractivity contribution in [1.29, 1.82) is 0 Å². The molecule has 5 rings (SSSR count). The summed E-state index contributed by atoms with van der Waals surface area (Å²) >= 11 is 0. The van der Waals surface area contributed by atoms with E-state index in [2.05, 4.69) is 77.8 Å². The Kier molecular flexibility index (Phi) is 5.85. The van der Waals surface area contributed by atoms with Crippen LogP contribution in [0.2, 0.25) is 0 Å². The molecule has 1 aliphatic rings. The van der Waals surface area contributed by atoms with E-state index in [0.717, 1.165) is 18.5 Å². The number of ether oxygens (including phenoxy) is 1. The Hall–Kier alpha value is -2.90. The molecule has 0 N–H and O–H groups in total. The molecule has 0 saturated carbocycles. The normalized spacial score (nSPS) is 14.7. The maximum absolute atomic E-state index is 12.1. The fourth-order valence-electron chi connectivity index (χ4n) is 4.76. The topological polar surface area (TPSA) is 44.6 Å². The van der Waals surface area contributed by atoms with Gasteiger partial charge in [0.1, 0.15) is 6.08 Å². The van der Waals surface area contributed by atoms with E-state index in [9.17, 15) is 5.11 Å². The van der Waals surface area contributed by atoms with Gasteiger partial charge in [-0.2, -0.15) is 0 Å². The van der Waals surface area contributed by atoms with Crippen LogP contribution in [0.15, 0.2) is 77.8 Å². The van der Waals surface area contributed by atoms with Crippen molar-refractivity contribution in [3.05, 3.63) is 83.9 Å². The van der Waals surface area contributed by atoms with Crippen LogP contribution >= 0.6 is 7.92 Å². The molecular formula is C29H29NO2P-. The van der Waals surface area contributed by atoms with Gasteiger partial charge in [0.05, 0.1) is 0 Å². The van der Waals surface area contributed by atoms with Crippen molar-refractivity contribution < 1.29 is 9.84 Å². The molecule has 0 amide bonds. The minimum absolute atomic E-state index is 0.348. The number of nitrogens with zero attached hydrogens (tertiary/aromatic N) is 1. The van der Waals surface area contributed by atoms with E-state index in [1.54, 1.807) is 0 Å². The van der Waals surface area contributed by atoms with E-state index in [4.69, 9.17) is 4.74 Å². The Labute approximate surface area is 196 Å². The molecule has 0 radical (unpaired) electrons. The maximum atomic E-state index is 12.1. The smallest absolute Gasteiger partial charge is 0.145 e. The summed E-state index contributed by atoms with van der Waals surface area (Å²) < 4.78 is 5.36. The summed E-state index contributed by atoms with van der Waals surface area (Å²) in [6.45, 7) is 6.14. The number of aliphatic imine (C=N–C) groups is 1. The van der Waals surface area contributed by atoms with Gasteiger partial charge in [-0.3, -0.25) is 4.99 Å². The Morgan fingerprint density at radius 2 is 1.33 bits per heavy atom. The summed E-state index contributed by atoms with van der Waals surface area (Å²) in [5, 5.41) is 17.3. The van der Waals surface area contributed by atoms with E-state index < -0.39 is 11.7 Å². The van der Waals surface area contributed by atoms with Gasteiger partial charge in [-0.15, -0.1) is 0 Å². The van der Waals surface area contributed by atoms with Gasteiger partial charge in [-0.1, -0.05) is 101 Å². The molecule has 0 atom stereocenters. The molecule has 0 spiro atoms. The predicted molar refractivity (Wildman–Crippen MR) is 139 cm³/mol. The van der Waals surface area contributed by atoms with Crippen molar-refractivity contribution in [3.8, 4) is 11.1 Å². The predicted octanol–water partition coefficient (Wildman–Crippen LogP) is 6.69. The number of hydrogen-bond acceptors (Lipinski definition) is 3. The lowest BCUT2D eigenvalue weighted by Gasteiger charge is -2.29. The van der Waals surface area contributed by atoms with E-state index in [0.29, 0.717) is 6.54 Å². The summed E-state index contributed by atoms with van der Waals surface area (Å²) in [4.78, 5) is 4.20. The molecule has 4 aromatic rings. The van der Waals surface area contributed by atoms with Crippen molar-refractivity contribution in [2.75, 3.05) is 12.7 Å². The second kappa shape index (κ2) is 8.80. The third-order valence-corrected chi connectivity index (χ3v) is 8.53. The van der Waals surface area contributed by atoms with Gasteiger partial charge in [-0.25, -0.2) is 0 Å². The second-order valence-electron chi connectivity index (χ2n) is 9.71. The third kappa shape index (κ3) is 4.61. The van der Waals surface area contributed by atoms with Crippen LogP contribution in [0.1, 0.15) is 31.9 Å². The first-order chi connectivity index (χ1) is 15.9. The first kappa shape index (κ1) is 21.9. The summed E-state index contributed by atoms with van der Waals surface area (Å²) in [6.07, 6.45) is 2.56. The first-order valence-corrected chi connectivity index (χ1v) is 13.4. The lowest BCUT2D eigenvalue weighted by Crippen LogP contribution is -2.32. The van der Waals surface area contributed by atoms with Crippen molar-refractivity contribution in [2.45, 2.75) is 38.7 Å². The molecule has 0 bridgehead atoms. The van der Waals surface area contributed by atoms with Crippen LogP contribution in [0.5, 0.6) is 0 Å². The highest BCUT2D eigenvalue weighted by Crippen LogP contribution is 2.52. The Morgan fingerprint density at radius 3 is 1.85 bits per heavy atom. The van der Waals surface area contributed by atoms with Crippen molar-refractivity contribution in [1.82, 2.24) is 0 Å². The van der Waals surface area contributed by atoms with Gasteiger partial charge in [0.2, 0.25) is 0 Å². The molecule has 4 aromatic carbocycles. The first-order valence-electron chi connectivity index (χ1n) is 11.5. The van der Waals surface area contributed by atoms with Crippen LogP contribution in [0, 0.1) is 0 Å². The highest BCUT2D eigenvalue weighted by Gasteiger charge is 2.24. The number of fused-ring (bicyclic) bond motifs is 7. The van der Waals surface area contributed by atoms with Crippen molar-refractivity contribution >= 4 is 35.6 Å². The lowest BCUT2D eigenvalue weighted by atomic mass is 9.88. The SMILES string of the molecule is CC(C)(C)OC([O-])=NCCP1Cc2ccc3ccccc3c2-c2c(ccc3ccccc23)C1. The summed E-state index contributed by atoms with van der Waals surface area (Å²) in [6, 6.07) is 26.6. The molecule has 1 aliphatic heterocycles. The van der Waals surface area contributed by atoms with Crippen LogP contribution in [0.25, 0.3) is 32.7 Å². The minimum Gasteiger partial charge on any atom is -0.595 e. The lowest BCUT2D eigenvalue weighted by molar-refractivity contribution is -0.260. The number of hydrogen-bond donors (Lipinski definition) is 0. The number of rotatable bonds is 3. The molecule has 33 heavy (non-hydrogen) atoms. The fourth-order valence-corrected chi connectivity index (χ4v) is 7.06. The zero-order valence-corrected chi connectivity index (χ0v) is 20.4. The van der Waals surface area contributed by atoms with E-state index in [1.807, 2.05) is 20.8 Å². The highest BCUT2D eigenvalue weighted by molar-refractivity contribution is 7.56. The zero-order valence-electron chi connectivity index (χ0n) is 19.5. The average molecular weight is 455 g/mol. The minimum atomic E-state index is -0.506. The summed E-state index contributed by atoms with van der Waals surface area (Å²) in [5.74, 6) is 0. The highest BCUT2D eigenvalue weighted by atomic mass is 31.1. The second-order valence-corrected chi connectivity index (χ2v) is 12.1. The Morgan fingerprint density at radius 1 is 0.818 bits per heavy atom. The standard InChI is InChI=1S/C29H30NO2P/c1-29(2,3)32-28(31)30-16-17-33-18-22-14-12-20-8-4-6-10-24(20)26(22)27-23(19-33)15-13-21-9-5-7-11-25(21)27/h4-15H,16-19H2,1-3H3,(H,30,31)/p-1. The molecule has 4 heteroatoms. The van der Waals surface area contributed by atoms with Gasteiger partial charge in [0.15, 0.2) is 0 Å². The van der Waals surface area contributed by atoms with Gasteiger partial charge >= 0.3 is 0 Å². The molecule has 0 aromatic heterocycles. The monoisotopic (exact) mass is 454 g/mol. The van der Waals surface area contributed by atoms with Gasteiger partial charge < -0.3 is 9.84 Å². The Bertz CT molecular complexity index is 1270. The molecule has 0 unspecified atom stereocenters. The van der Waals surface area contributed by atoms with Gasteiger partial charge in [-0.05, 0) is 62.3 Å². The van der Waals surface area contributed by atoms with E-state index in [-0.39, 0.29) is 7.92 Å².